The van der Waals surface area contributed by atoms with Gasteiger partial charge >= 0.3 is 5.97 Å². The average Bonchev–Trinajstić information content (AvgIpc) is 2.84. The van der Waals surface area contributed by atoms with Gasteiger partial charge in [-0.15, -0.1) is 0 Å². The fourth-order valence-corrected chi connectivity index (χ4v) is 2.51. The molecule has 1 aromatic heterocycles. The van der Waals surface area contributed by atoms with Crippen molar-refractivity contribution in [2.24, 2.45) is 7.05 Å². The molecule has 0 bridgehead atoms. The summed E-state index contributed by atoms with van der Waals surface area (Å²) in [7, 11) is 1.83. The number of carboxylic acid groups (broad SMARTS) is 1. The van der Waals surface area contributed by atoms with E-state index < -0.39 is 17.1 Å². The molecule has 0 aliphatic carbocycles. The summed E-state index contributed by atoms with van der Waals surface area (Å²) in [5.74, 6) is -1.47. The fourth-order valence-electron chi connectivity index (χ4n) is 1.66. The van der Waals surface area contributed by atoms with Gasteiger partial charge in [-0.25, -0.2) is 0 Å². The van der Waals surface area contributed by atoms with Crippen LogP contribution in [0.1, 0.15) is 12.1 Å². The van der Waals surface area contributed by atoms with Crippen molar-refractivity contribution in [3.8, 4) is 0 Å². The smallest absolute Gasteiger partial charge is 0.305 e. The zero-order valence-corrected chi connectivity index (χ0v) is 11.0. The highest BCUT2D eigenvalue weighted by atomic mass is 32.2. The van der Waals surface area contributed by atoms with Crippen molar-refractivity contribution in [2.75, 3.05) is 6.54 Å². The molecular weight excluding hydrogens is 268 g/mol. The average molecular weight is 280 g/mol. The first kappa shape index (κ1) is 13.4. The zero-order chi connectivity index (χ0) is 14.0. The first-order valence-electron chi connectivity index (χ1n) is 5.57. The maximum atomic E-state index is 12.0. The molecule has 0 spiro atoms. The van der Waals surface area contributed by atoms with E-state index in [-0.39, 0.29) is 13.0 Å². The number of thioether (sulfide) groups is 1. The van der Waals surface area contributed by atoms with Crippen LogP contribution in [-0.2, 0) is 16.6 Å². The largest absolute Gasteiger partial charge is 0.481 e. The van der Waals surface area contributed by atoms with Crippen LogP contribution in [0.15, 0.2) is 23.2 Å². The van der Waals surface area contributed by atoms with E-state index in [0.29, 0.717) is 4.91 Å². The first-order valence-corrected chi connectivity index (χ1v) is 6.39. The Hall–Kier alpha value is -2.02. The number of carbonyl (C=O) groups is 3. The molecule has 1 aromatic rings. The molecule has 19 heavy (non-hydrogen) atoms. The normalized spacial score (nSPS) is 17.5. The van der Waals surface area contributed by atoms with Gasteiger partial charge in [0.25, 0.3) is 11.1 Å². The van der Waals surface area contributed by atoms with Crippen molar-refractivity contribution >= 4 is 35.0 Å². The maximum absolute atomic E-state index is 12.0. The highest BCUT2D eigenvalue weighted by Gasteiger charge is 2.35. The molecule has 1 aliphatic heterocycles. The Bertz CT molecular complexity index is 576. The molecule has 2 amide bonds. The SMILES string of the molecule is Cn1cccc1C=C1SC(=O)N(CCC(=O)O)C1=O. The Morgan fingerprint density at radius 2 is 2.21 bits per heavy atom. The van der Waals surface area contributed by atoms with E-state index in [9.17, 15) is 14.4 Å². The van der Waals surface area contributed by atoms with Crippen LogP contribution in [0.5, 0.6) is 0 Å². The van der Waals surface area contributed by atoms with Gasteiger partial charge < -0.3 is 9.67 Å². The van der Waals surface area contributed by atoms with E-state index >= 15 is 0 Å². The Balaban J connectivity index is 2.16. The number of rotatable bonds is 4. The maximum Gasteiger partial charge on any atom is 0.305 e. The molecule has 0 atom stereocenters. The summed E-state index contributed by atoms with van der Waals surface area (Å²) in [6.07, 6.45) is 3.22. The third kappa shape index (κ3) is 2.87. The molecule has 1 aliphatic rings. The number of imide groups is 1. The third-order valence-electron chi connectivity index (χ3n) is 2.69. The van der Waals surface area contributed by atoms with Crippen molar-refractivity contribution in [2.45, 2.75) is 6.42 Å². The number of hydrogen-bond donors (Lipinski definition) is 1. The Kier molecular flexibility index (Phi) is 3.75. The van der Waals surface area contributed by atoms with Crippen LogP contribution in [0.4, 0.5) is 4.79 Å². The number of hydrogen-bond acceptors (Lipinski definition) is 4. The molecule has 0 radical (unpaired) electrons. The van der Waals surface area contributed by atoms with Crippen LogP contribution >= 0.6 is 11.8 Å². The van der Waals surface area contributed by atoms with Crippen molar-refractivity contribution < 1.29 is 19.5 Å². The molecule has 0 unspecified atom stereocenters. The number of aliphatic carboxylic acids is 1. The van der Waals surface area contributed by atoms with Crippen LogP contribution in [-0.4, -0.2) is 38.2 Å². The van der Waals surface area contributed by atoms with Crippen LogP contribution in [0, 0.1) is 0 Å². The van der Waals surface area contributed by atoms with E-state index in [1.165, 1.54) is 0 Å². The molecule has 1 fully saturated rings. The highest BCUT2D eigenvalue weighted by molar-refractivity contribution is 8.18. The number of nitrogens with zero attached hydrogens (tertiary/aromatic N) is 2. The number of carbonyl (C=O) groups excluding carboxylic acids is 2. The topological polar surface area (TPSA) is 79.6 Å². The van der Waals surface area contributed by atoms with Crippen molar-refractivity contribution in [1.82, 2.24) is 9.47 Å². The second-order valence-electron chi connectivity index (χ2n) is 4.02. The lowest BCUT2D eigenvalue weighted by atomic mass is 10.3. The summed E-state index contributed by atoms with van der Waals surface area (Å²) >= 11 is 0.833. The van der Waals surface area contributed by atoms with E-state index in [0.717, 1.165) is 22.4 Å². The summed E-state index contributed by atoms with van der Waals surface area (Å²) in [6.45, 7) is -0.0928. The molecule has 1 N–H and O–H groups in total. The quantitative estimate of drug-likeness (QED) is 0.846. The third-order valence-corrected chi connectivity index (χ3v) is 3.59. The summed E-state index contributed by atoms with van der Waals surface area (Å²) in [5, 5.41) is 8.16. The van der Waals surface area contributed by atoms with Crippen LogP contribution in [0.25, 0.3) is 6.08 Å². The predicted octanol–water partition coefficient (Wildman–Crippen LogP) is 1.54. The Morgan fingerprint density at radius 1 is 1.47 bits per heavy atom. The van der Waals surface area contributed by atoms with Crippen molar-refractivity contribution in [1.29, 1.82) is 0 Å². The minimum absolute atomic E-state index is 0.0928. The minimum atomic E-state index is -1.04. The van der Waals surface area contributed by atoms with Gasteiger partial charge in [0.2, 0.25) is 0 Å². The van der Waals surface area contributed by atoms with Gasteiger partial charge in [0.05, 0.1) is 11.3 Å². The predicted molar refractivity (Wildman–Crippen MR) is 70.3 cm³/mol. The van der Waals surface area contributed by atoms with Crippen LogP contribution < -0.4 is 0 Å². The molecule has 0 aromatic carbocycles. The van der Waals surface area contributed by atoms with Gasteiger partial charge in [0.1, 0.15) is 0 Å². The lowest BCUT2D eigenvalue weighted by Gasteiger charge is -2.09. The fraction of sp³-hybridized carbons (Fsp3) is 0.250. The zero-order valence-electron chi connectivity index (χ0n) is 10.2. The molecular formula is C12H12N2O4S. The first-order chi connectivity index (χ1) is 8.99. The van der Waals surface area contributed by atoms with Gasteiger partial charge in [-0.2, -0.15) is 0 Å². The minimum Gasteiger partial charge on any atom is -0.481 e. The lowest BCUT2D eigenvalue weighted by molar-refractivity contribution is -0.137. The summed E-state index contributed by atoms with van der Waals surface area (Å²) in [6, 6.07) is 3.66. The van der Waals surface area contributed by atoms with Crippen molar-refractivity contribution in [3.05, 3.63) is 28.9 Å². The number of amides is 2. The number of aryl methyl sites for hydroxylation is 1. The second kappa shape index (κ2) is 5.31. The second-order valence-corrected chi connectivity index (χ2v) is 5.01. The summed E-state index contributed by atoms with van der Waals surface area (Å²) in [4.78, 5) is 35.4. The van der Waals surface area contributed by atoms with Gasteiger partial charge in [0, 0.05) is 25.5 Å². The Labute approximate surface area is 113 Å². The molecule has 0 saturated carbocycles. The number of aromatic nitrogens is 1. The van der Waals surface area contributed by atoms with Crippen molar-refractivity contribution in [3.63, 3.8) is 0 Å². The van der Waals surface area contributed by atoms with E-state index in [1.807, 2.05) is 29.9 Å². The molecule has 2 heterocycles. The van der Waals surface area contributed by atoms with E-state index in [2.05, 4.69) is 0 Å². The Morgan fingerprint density at radius 3 is 2.79 bits per heavy atom. The van der Waals surface area contributed by atoms with Gasteiger partial charge in [-0.1, -0.05) is 0 Å². The number of carboxylic acids is 1. The molecule has 2 rings (SSSR count). The molecule has 7 heteroatoms. The van der Waals surface area contributed by atoms with E-state index in [1.54, 1.807) is 6.08 Å². The molecule has 1 saturated heterocycles. The molecule has 6 nitrogen and oxygen atoms in total. The van der Waals surface area contributed by atoms with Crippen LogP contribution in [0.2, 0.25) is 0 Å². The highest BCUT2D eigenvalue weighted by Crippen LogP contribution is 2.32. The van der Waals surface area contributed by atoms with E-state index in [4.69, 9.17) is 5.11 Å². The summed E-state index contributed by atoms with van der Waals surface area (Å²) < 4.78 is 1.82. The monoisotopic (exact) mass is 280 g/mol. The lowest BCUT2D eigenvalue weighted by Crippen LogP contribution is -2.30. The molecule has 100 valence electrons. The van der Waals surface area contributed by atoms with Crippen LogP contribution in [0.3, 0.4) is 0 Å². The van der Waals surface area contributed by atoms with Gasteiger partial charge in [-0.05, 0) is 30.0 Å². The standard InChI is InChI=1S/C12H12N2O4S/c1-13-5-2-3-8(13)7-9-11(17)14(12(18)19-9)6-4-10(15)16/h2-3,5,7H,4,6H2,1H3,(H,15,16). The van der Waals surface area contributed by atoms with Gasteiger partial charge in [0.15, 0.2) is 0 Å². The summed E-state index contributed by atoms with van der Waals surface area (Å²) in [5.41, 5.74) is 0.809. The van der Waals surface area contributed by atoms with Gasteiger partial charge in [-0.3, -0.25) is 19.3 Å².